The van der Waals surface area contributed by atoms with Gasteiger partial charge in [-0.25, -0.2) is 0 Å². The quantitative estimate of drug-likeness (QED) is 0.767. The summed E-state index contributed by atoms with van der Waals surface area (Å²) in [4.78, 5) is 12.9. The van der Waals surface area contributed by atoms with E-state index in [2.05, 4.69) is 10.2 Å². The van der Waals surface area contributed by atoms with Crippen LogP contribution in [-0.2, 0) is 13.0 Å². The van der Waals surface area contributed by atoms with Crippen molar-refractivity contribution in [2.45, 2.75) is 46.7 Å². The van der Waals surface area contributed by atoms with Crippen LogP contribution in [0.4, 0.5) is 0 Å². The second kappa shape index (κ2) is 6.11. The summed E-state index contributed by atoms with van der Waals surface area (Å²) in [6.45, 7) is 8.62. The van der Waals surface area contributed by atoms with Crippen molar-refractivity contribution in [3.8, 4) is 5.75 Å². The molecule has 0 atom stereocenters. The van der Waals surface area contributed by atoms with Gasteiger partial charge in [-0.2, -0.15) is 10.2 Å². The van der Waals surface area contributed by atoms with E-state index in [-0.39, 0.29) is 11.8 Å². The summed E-state index contributed by atoms with van der Waals surface area (Å²) in [6, 6.07) is 1.93. The van der Waals surface area contributed by atoms with Gasteiger partial charge in [0.2, 0.25) is 5.78 Å². The molecule has 2 aromatic rings. The third kappa shape index (κ3) is 2.70. The number of hydrogen-bond acceptors (Lipinski definition) is 4. The summed E-state index contributed by atoms with van der Waals surface area (Å²) in [5, 5.41) is 8.69. The molecule has 2 rings (SSSR count). The molecular weight excluding hydrogens is 268 g/mol. The highest BCUT2D eigenvalue weighted by molar-refractivity contribution is 6.08. The lowest BCUT2D eigenvalue weighted by molar-refractivity contribution is 0.101. The predicted molar refractivity (Wildman–Crippen MR) is 79.9 cm³/mol. The van der Waals surface area contributed by atoms with Gasteiger partial charge in [0.25, 0.3) is 0 Å². The van der Waals surface area contributed by atoms with Crippen molar-refractivity contribution in [3.63, 3.8) is 0 Å². The molecule has 0 bridgehead atoms. The molecular formula is C15H22N4O2. The standard InChI is InChI=1S/C15H22N4O2/c1-6-11-8-12(18(7-2)17-11)15(20)14-13(21-5)9-16-19(14)10(3)4/h8-10H,6-7H2,1-5H3. The lowest BCUT2D eigenvalue weighted by atomic mass is 10.1. The van der Waals surface area contributed by atoms with Crippen molar-refractivity contribution in [1.29, 1.82) is 0 Å². The minimum absolute atomic E-state index is 0.0801. The molecule has 2 heterocycles. The predicted octanol–water partition coefficient (Wildman–Crippen LogP) is 2.48. The van der Waals surface area contributed by atoms with Crippen molar-refractivity contribution >= 4 is 5.78 Å². The van der Waals surface area contributed by atoms with E-state index in [0.717, 1.165) is 12.1 Å². The minimum atomic E-state index is -0.105. The molecule has 21 heavy (non-hydrogen) atoms. The molecule has 0 amide bonds. The highest BCUT2D eigenvalue weighted by Gasteiger charge is 2.25. The van der Waals surface area contributed by atoms with Gasteiger partial charge < -0.3 is 4.74 Å². The molecule has 0 saturated heterocycles. The van der Waals surface area contributed by atoms with E-state index < -0.39 is 0 Å². The molecule has 0 aromatic carbocycles. The molecule has 6 nitrogen and oxygen atoms in total. The van der Waals surface area contributed by atoms with Crippen LogP contribution in [0, 0.1) is 0 Å². The van der Waals surface area contributed by atoms with Crippen molar-refractivity contribution in [2.24, 2.45) is 0 Å². The fourth-order valence-electron chi connectivity index (χ4n) is 2.29. The van der Waals surface area contributed by atoms with Gasteiger partial charge in [0.15, 0.2) is 11.4 Å². The Hall–Kier alpha value is -2.11. The van der Waals surface area contributed by atoms with Crippen LogP contribution in [-0.4, -0.2) is 32.5 Å². The van der Waals surface area contributed by atoms with Gasteiger partial charge >= 0.3 is 0 Å². The number of aromatic nitrogens is 4. The van der Waals surface area contributed by atoms with Crippen LogP contribution in [0.3, 0.4) is 0 Å². The molecule has 0 aliphatic heterocycles. The summed E-state index contributed by atoms with van der Waals surface area (Å²) >= 11 is 0. The molecule has 0 unspecified atom stereocenters. The van der Waals surface area contributed by atoms with E-state index in [0.29, 0.717) is 23.7 Å². The monoisotopic (exact) mass is 290 g/mol. The van der Waals surface area contributed by atoms with E-state index >= 15 is 0 Å². The van der Waals surface area contributed by atoms with Crippen molar-refractivity contribution in [3.05, 3.63) is 29.3 Å². The fraction of sp³-hybridized carbons (Fsp3) is 0.533. The molecule has 0 fully saturated rings. The maximum Gasteiger partial charge on any atom is 0.232 e. The first-order chi connectivity index (χ1) is 10.0. The zero-order chi connectivity index (χ0) is 15.6. The van der Waals surface area contributed by atoms with Crippen LogP contribution < -0.4 is 4.74 Å². The number of carbonyl (C=O) groups excluding carboxylic acids is 1. The van der Waals surface area contributed by atoms with Crippen LogP contribution in [0.1, 0.15) is 55.6 Å². The van der Waals surface area contributed by atoms with E-state index in [1.807, 2.05) is 33.8 Å². The van der Waals surface area contributed by atoms with Gasteiger partial charge in [-0.15, -0.1) is 0 Å². The first kappa shape index (κ1) is 15.3. The first-order valence-electron chi connectivity index (χ1n) is 7.26. The number of ether oxygens (including phenoxy) is 1. The maximum absolute atomic E-state index is 12.9. The molecule has 0 N–H and O–H groups in total. The van der Waals surface area contributed by atoms with Crippen LogP contribution in [0.2, 0.25) is 0 Å². The van der Waals surface area contributed by atoms with Crippen LogP contribution >= 0.6 is 0 Å². The van der Waals surface area contributed by atoms with Gasteiger partial charge in [-0.05, 0) is 33.3 Å². The Morgan fingerprint density at radius 1 is 1.38 bits per heavy atom. The van der Waals surface area contributed by atoms with E-state index in [4.69, 9.17) is 4.74 Å². The second-order valence-electron chi connectivity index (χ2n) is 5.12. The first-order valence-corrected chi connectivity index (χ1v) is 7.26. The summed E-state index contributed by atoms with van der Waals surface area (Å²) in [7, 11) is 1.55. The van der Waals surface area contributed by atoms with Gasteiger partial charge in [-0.1, -0.05) is 6.92 Å². The van der Waals surface area contributed by atoms with Crippen molar-refractivity contribution in [2.75, 3.05) is 7.11 Å². The Morgan fingerprint density at radius 2 is 2.10 bits per heavy atom. The number of hydrogen-bond donors (Lipinski definition) is 0. The second-order valence-corrected chi connectivity index (χ2v) is 5.12. The molecule has 2 aromatic heterocycles. The summed E-state index contributed by atoms with van der Waals surface area (Å²) in [6.07, 6.45) is 2.38. The van der Waals surface area contributed by atoms with E-state index in [9.17, 15) is 4.79 Å². The third-order valence-electron chi connectivity index (χ3n) is 3.41. The number of methoxy groups -OCH3 is 1. The Balaban J connectivity index is 2.54. The summed E-state index contributed by atoms with van der Waals surface area (Å²) in [5.41, 5.74) is 1.97. The number of ketones is 1. The van der Waals surface area contributed by atoms with Crippen molar-refractivity contribution < 1.29 is 9.53 Å². The topological polar surface area (TPSA) is 61.9 Å². The zero-order valence-corrected chi connectivity index (χ0v) is 13.3. The van der Waals surface area contributed by atoms with E-state index in [1.165, 1.54) is 0 Å². The van der Waals surface area contributed by atoms with Crippen LogP contribution in [0.15, 0.2) is 12.3 Å². The van der Waals surface area contributed by atoms with Gasteiger partial charge in [-0.3, -0.25) is 14.2 Å². The molecule has 114 valence electrons. The van der Waals surface area contributed by atoms with Crippen LogP contribution in [0.25, 0.3) is 0 Å². The summed E-state index contributed by atoms with van der Waals surface area (Å²) in [5.74, 6) is 0.391. The van der Waals surface area contributed by atoms with Gasteiger partial charge in [0, 0.05) is 12.6 Å². The number of carbonyl (C=O) groups is 1. The normalized spacial score (nSPS) is 11.1. The lowest BCUT2D eigenvalue weighted by Crippen LogP contribution is -2.17. The molecule has 0 aliphatic carbocycles. The highest BCUT2D eigenvalue weighted by Crippen LogP contribution is 2.24. The molecule has 6 heteroatoms. The Bertz CT molecular complexity index is 640. The molecule has 0 radical (unpaired) electrons. The highest BCUT2D eigenvalue weighted by atomic mass is 16.5. The van der Waals surface area contributed by atoms with Gasteiger partial charge in [0.1, 0.15) is 5.69 Å². The number of rotatable bonds is 6. The van der Waals surface area contributed by atoms with E-state index in [1.54, 1.807) is 22.7 Å². The number of nitrogens with zero attached hydrogens (tertiary/aromatic N) is 4. The Kier molecular flexibility index (Phi) is 4.45. The average Bonchev–Trinajstić information content (AvgIpc) is 3.09. The van der Waals surface area contributed by atoms with Crippen molar-refractivity contribution in [1.82, 2.24) is 19.6 Å². The molecule has 0 aliphatic rings. The average molecular weight is 290 g/mol. The Morgan fingerprint density at radius 3 is 2.62 bits per heavy atom. The van der Waals surface area contributed by atoms with Gasteiger partial charge in [0.05, 0.1) is 19.0 Å². The largest absolute Gasteiger partial charge is 0.493 e. The molecule has 0 saturated carbocycles. The fourth-order valence-corrected chi connectivity index (χ4v) is 2.29. The minimum Gasteiger partial charge on any atom is -0.493 e. The zero-order valence-electron chi connectivity index (χ0n) is 13.3. The third-order valence-corrected chi connectivity index (χ3v) is 3.41. The smallest absolute Gasteiger partial charge is 0.232 e. The Labute approximate surface area is 124 Å². The van der Waals surface area contributed by atoms with Crippen LogP contribution in [0.5, 0.6) is 5.75 Å². The SMILES string of the molecule is CCc1cc(C(=O)c2c(OC)cnn2C(C)C)n(CC)n1. The summed E-state index contributed by atoms with van der Waals surface area (Å²) < 4.78 is 8.72. The maximum atomic E-state index is 12.9. The lowest BCUT2D eigenvalue weighted by Gasteiger charge is -2.11. The number of aryl methyl sites for hydroxylation is 2. The molecule has 0 spiro atoms.